The molecule has 4 N–H and O–H groups in total. The van der Waals surface area contributed by atoms with Gasteiger partial charge in [0.15, 0.2) is 0 Å². The fraction of sp³-hybridized carbons (Fsp3) is 0.500. The second kappa shape index (κ2) is 13.3. The van der Waals surface area contributed by atoms with Crippen LogP contribution in [0.15, 0.2) is 46.7 Å². The first-order valence-corrected chi connectivity index (χ1v) is 10.8. The highest BCUT2D eigenvalue weighted by atomic mass is 16.7. The molecule has 0 aliphatic carbocycles. The number of likely N-dealkylation sites (N-methyl/N-ethyl adjacent to an activating group) is 1. The molecule has 10 heteroatoms. The monoisotopic (exact) mass is 446 g/mol. The summed E-state index contributed by atoms with van der Waals surface area (Å²) in [5, 5.41) is 13.4. The number of nitrogens with one attached hydrogen (secondary N) is 4. The number of carbonyl (C=O) groups excluding carboxylic acids is 2. The number of rotatable bonds is 10. The summed E-state index contributed by atoms with van der Waals surface area (Å²) in [6.45, 7) is 5.95. The number of aliphatic imine (C=N–C) groups is 1. The van der Waals surface area contributed by atoms with E-state index in [1.54, 1.807) is 14.1 Å². The largest absolute Gasteiger partial charge is 0.478 e. The predicted molar refractivity (Wildman–Crippen MR) is 124 cm³/mol. The first kappa shape index (κ1) is 25.2. The summed E-state index contributed by atoms with van der Waals surface area (Å²) in [6, 6.07) is 9.03. The van der Waals surface area contributed by atoms with Gasteiger partial charge in [0.1, 0.15) is 5.82 Å². The molecule has 10 nitrogen and oxygen atoms in total. The van der Waals surface area contributed by atoms with Crippen molar-refractivity contribution in [2.45, 2.75) is 32.7 Å². The molecule has 0 saturated carbocycles. The maximum Gasteiger partial charge on any atom is 0.320 e. The number of urea groups is 1. The van der Waals surface area contributed by atoms with Gasteiger partial charge in [0.05, 0.1) is 24.8 Å². The number of benzene rings is 1. The van der Waals surface area contributed by atoms with Gasteiger partial charge in [-0.15, -0.1) is 0 Å². The number of amides is 3. The highest BCUT2D eigenvalue weighted by Gasteiger charge is 2.24. The summed E-state index contributed by atoms with van der Waals surface area (Å²) in [5.41, 5.74) is 1.43. The number of nitrogens with zero attached hydrogens (tertiary/aromatic N) is 2. The van der Waals surface area contributed by atoms with Gasteiger partial charge in [-0.25, -0.2) is 4.79 Å². The van der Waals surface area contributed by atoms with Crippen LogP contribution in [0.2, 0.25) is 0 Å². The Bertz CT molecular complexity index is 812. The van der Waals surface area contributed by atoms with Gasteiger partial charge in [-0.2, -0.15) is 5.06 Å². The molecule has 2 rings (SSSR count). The molecule has 0 unspecified atom stereocenters. The molecule has 32 heavy (non-hydrogen) atoms. The van der Waals surface area contributed by atoms with Gasteiger partial charge in [-0.05, 0) is 25.5 Å². The van der Waals surface area contributed by atoms with Crippen molar-refractivity contribution >= 4 is 23.5 Å². The maximum absolute atomic E-state index is 12.7. The Morgan fingerprint density at radius 3 is 2.66 bits per heavy atom. The standard InChI is InChI=1S/C22H34N6O4/c1-5-28-14-18(15-32-28)26-22(30)27-20(25-17-10-7-6-8-11-17)16(2)21(24-4)31-13-9-12-19(29)23-3/h6-8,10-11,18,25H,5,9,12-15H2,1-4H3,(H,23,29)(H2,26,27,30)/b20-16+,24-21?/t18-/m1/s1. The second-order valence-corrected chi connectivity index (χ2v) is 7.22. The molecule has 1 aliphatic rings. The van der Waals surface area contributed by atoms with E-state index in [1.807, 2.05) is 49.2 Å². The van der Waals surface area contributed by atoms with Crippen LogP contribution in [0.4, 0.5) is 10.5 Å². The topological polar surface area (TPSA) is 116 Å². The molecule has 0 bridgehead atoms. The van der Waals surface area contributed by atoms with Crippen LogP contribution < -0.4 is 21.3 Å². The van der Waals surface area contributed by atoms with E-state index in [2.05, 4.69) is 26.3 Å². The van der Waals surface area contributed by atoms with Gasteiger partial charge in [0.25, 0.3) is 0 Å². The highest BCUT2D eigenvalue weighted by molar-refractivity contribution is 5.95. The van der Waals surface area contributed by atoms with Gasteiger partial charge in [-0.3, -0.25) is 19.9 Å². The van der Waals surface area contributed by atoms with Crippen LogP contribution in [0, 0.1) is 0 Å². The van der Waals surface area contributed by atoms with Crippen molar-refractivity contribution in [2.24, 2.45) is 4.99 Å². The average Bonchev–Trinajstić information content (AvgIpc) is 3.26. The van der Waals surface area contributed by atoms with Crippen LogP contribution in [-0.2, 0) is 14.4 Å². The minimum atomic E-state index is -0.357. The van der Waals surface area contributed by atoms with Crippen molar-refractivity contribution in [3.8, 4) is 0 Å². The molecule has 1 aliphatic heterocycles. The van der Waals surface area contributed by atoms with Crippen LogP contribution in [-0.4, -0.2) is 69.3 Å². The van der Waals surface area contributed by atoms with Gasteiger partial charge in [0.2, 0.25) is 11.8 Å². The molecular weight excluding hydrogens is 412 g/mol. The summed E-state index contributed by atoms with van der Waals surface area (Å²) in [7, 11) is 3.22. The maximum atomic E-state index is 12.7. The third-order valence-electron chi connectivity index (χ3n) is 4.82. The molecule has 176 valence electrons. The van der Waals surface area contributed by atoms with E-state index in [1.165, 1.54) is 0 Å². The van der Waals surface area contributed by atoms with Crippen LogP contribution in [0.25, 0.3) is 0 Å². The highest BCUT2D eigenvalue weighted by Crippen LogP contribution is 2.13. The Hall–Kier alpha value is -3.11. The van der Waals surface area contributed by atoms with E-state index in [9.17, 15) is 9.59 Å². The molecular formula is C22H34N6O4. The number of hydroxylamine groups is 2. The quantitative estimate of drug-likeness (QED) is 0.248. The van der Waals surface area contributed by atoms with Crippen molar-refractivity contribution in [2.75, 3.05) is 45.7 Å². The van der Waals surface area contributed by atoms with E-state index in [4.69, 9.17) is 9.57 Å². The summed E-state index contributed by atoms with van der Waals surface area (Å²) in [5.74, 6) is 0.784. The summed E-state index contributed by atoms with van der Waals surface area (Å²) < 4.78 is 5.78. The minimum Gasteiger partial charge on any atom is -0.478 e. The van der Waals surface area contributed by atoms with Crippen LogP contribution in [0.3, 0.4) is 0 Å². The summed E-state index contributed by atoms with van der Waals surface area (Å²) in [6.07, 6.45) is 0.918. The van der Waals surface area contributed by atoms with Gasteiger partial charge < -0.3 is 20.7 Å². The van der Waals surface area contributed by atoms with Crippen molar-refractivity contribution in [3.63, 3.8) is 0 Å². The molecule has 1 heterocycles. The molecule has 0 radical (unpaired) electrons. The third kappa shape index (κ3) is 8.20. The number of ether oxygens (including phenoxy) is 1. The summed E-state index contributed by atoms with van der Waals surface area (Å²) >= 11 is 0. The molecule has 1 aromatic rings. The van der Waals surface area contributed by atoms with Crippen molar-refractivity contribution < 1.29 is 19.2 Å². The van der Waals surface area contributed by atoms with Crippen LogP contribution in [0.1, 0.15) is 26.7 Å². The van der Waals surface area contributed by atoms with Crippen molar-refractivity contribution in [3.05, 3.63) is 41.7 Å². The average molecular weight is 447 g/mol. The fourth-order valence-electron chi connectivity index (χ4n) is 3.05. The first-order chi connectivity index (χ1) is 15.5. The summed E-state index contributed by atoms with van der Waals surface area (Å²) in [4.78, 5) is 33.8. The second-order valence-electron chi connectivity index (χ2n) is 7.22. The lowest BCUT2D eigenvalue weighted by Gasteiger charge is -2.19. The molecule has 1 aromatic carbocycles. The number of anilines is 1. The van der Waals surface area contributed by atoms with E-state index in [0.29, 0.717) is 49.9 Å². The fourth-order valence-corrected chi connectivity index (χ4v) is 3.05. The smallest absolute Gasteiger partial charge is 0.320 e. The van der Waals surface area contributed by atoms with Gasteiger partial charge >= 0.3 is 6.03 Å². The molecule has 0 spiro atoms. The Labute approximate surface area is 189 Å². The first-order valence-electron chi connectivity index (χ1n) is 10.8. The van der Waals surface area contributed by atoms with E-state index in [0.717, 1.165) is 12.2 Å². The molecule has 1 fully saturated rings. The third-order valence-corrected chi connectivity index (χ3v) is 4.82. The minimum absolute atomic E-state index is 0.0434. The van der Waals surface area contributed by atoms with E-state index < -0.39 is 0 Å². The Morgan fingerprint density at radius 1 is 1.28 bits per heavy atom. The zero-order valence-electron chi connectivity index (χ0n) is 19.2. The predicted octanol–water partition coefficient (Wildman–Crippen LogP) is 1.84. The van der Waals surface area contributed by atoms with Gasteiger partial charge in [0, 0.05) is 39.3 Å². The normalized spacial score (nSPS) is 17.4. The zero-order chi connectivity index (χ0) is 23.3. The lowest BCUT2D eigenvalue weighted by molar-refractivity contribution is -0.120. The number of para-hydroxylation sites is 1. The van der Waals surface area contributed by atoms with Crippen molar-refractivity contribution in [1.29, 1.82) is 0 Å². The molecule has 0 aromatic heterocycles. The van der Waals surface area contributed by atoms with Gasteiger partial charge in [-0.1, -0.05) is 25.1 Å². The number of hydrogen-bond donors (Lipinski definition) is 4. The Balaban J connectivity index is 2.08. The van der Waals surface area contributed by atoms with Crippen LogP contribution >= 0.6 is 0 Å². The van der Waals surface area contributed by atoms with E-state index >= 15 is 0 Å². The Kier molecular flexibility index (Phi) is 10.5. The lowest BCUT2D eigenvalue weighted by Crippen LogP contribution is -2.45. The zero-order valence-corrected chi connectivity index (χ0v) is 19.2. The Morgan fingerprint density at radius 2 is 2.03 bits per heavy atom. The molecule has 1 saturated heterocycles. The van der Waals surface area contributed by atoms with Crippen LogP contribution in [0.5, 0.6) is 0 Å². The van der Waals surface area contributed by atoms with Crippen molar-refractivity contribution in [1.82, 2.24) is 21.0 Å². The van der Waals surface area contributed by atoms with E-state index in [-0.39, 0.29) is 18.0 Å². The molecule has 3 amide bonds. The number of carbonyl (C=O) groups is 2. The molecule has 1 atom stereocenters. The SMILES string of the molecule is CCN1C[C@@H](NC(=O)N/C(Nc2ccccc2)=C(\C)C(=NC)OCCCC(=O)NC)CO1. The number of hydrogen-bond acceptors (Lipinski definition) is 7. The lowest BCUT2D eigenvalue weighted by atomic mass is 10.2.